The van der Waals surface area contributed by atoms with Gasteiger partial charge in [0, 0.05) is 35.8 Å². The first kappa shape index (κ1) is 13.7. The minimum atomic E-state index is -0.117. The highest BCUT2D eigenvalue weighted by atomic mass is 32.1. The predicted octanol–water partition coefficient (Wildman–Crippen LogP) is 3.53. The highest BCUT2D eigenvalue weighted by Gasteiger charge is 2.19. The molecule has 1 unspecified atom stereocenters. The molecular weight excluding hydrogens is 282 g/mol. The van der Waals surface area contributed by atoms with Gasteiger partial charge in [0.05, 0.1) is 12.0 Å². The molecule has 0 radical (unpaired) electrons. The molecule has 0 amide bonds. The number of carbonyl (C=O) groups excluding carboxylic acids is 1. The van der Waals surface area contributed by atoms with Gasteiger partial charge in [0.1, 0.15) is 0 Å². The number of imidazole rings is 1. The first-order chi connectivity index (χ1) is 10.2. The van der Waals surface area contributed by atoms with E-state index in [1.807, 2.05) is 53.4 Å². The van der Waals surface area contributed by atoms with Crippen LogP contribution < -0.4 is 0 Å². The molecule has 0 fully saturated rings. The minimum Gasteiger partial charge on any atom is -0.337 e. The molecule has 2 heterocycles. The normalized spacial score (nSPS) is 12.2. The van der Waals surface area contributed by atoms with Crippen LogP contribution in [-0.2, 0) is 6.54 Å². The van der Waals surface area contributed by atoms with Crippen LogP contribution in [0.1, 0.15) is 16.7 Å². The second-order valence-corrected chi connectivity index (χ2v) is 5.79. The van der Waals surface area contributed by atoms with E-state index >= 15 is 0 Å². The SMILES string of the molecule is CC(Cn1ccnc1)C(=O)c1nc(-c2ccccc2)cs1. The standard InChI is InChI=1S/C16H15N3OS/c1-12(9-19-8-7-17-11-19)15(20)16-18-14(10-21-16)13-5-3-2-4-6-13/h2-8,10-12H,9H2,1H3. The van der Waals surface area contributed by atoms with Gasteiger partial charge in [-0.3, -0.25) is 4.79 Å². The van der Waals surface area contributed by atoms with Crippen LogP contribution in [0.2, 0.25) is 0 Å². The summed E-state index contributed by atoms with van der Waals surface area (Å²) in [7, 11) is 0. The Morgan fingerprint density at radius 3 is 2.86 bits per heavy atom. The Bertz CT molecular complexity index is 719. The van der Waals surface area contributed by atoms with Crippen molar-refractivity contribution in [3.05, 3.63) is 59.4 Å². The van der Waals surface area contributed by atoms with E-state index in [9.17, 15) is 4.79 Å². The lowest BCUT2D eigenvalue weighted by molar-refractivity contribution is 0.0918. The van der Waals surface area contributed by atoms with Crippen LogP contribution in [0.25, 0.3) is 11.3 Å². The van der Waals surface area contributed by atoms with Gasteiger partial charge in [-0.2, -0.15) is 0 Å². The first-order valence-corrected chi connectivity index (χ1v) is 7.63. The third kappa shape index (κ3) is 3.08. The van der Waals surface area contributed by atoms with Gasteiger partial charge in [-0.25, -0.2) is 9.97 Å². The summed E-state index contributed by atoms with van der Waals surface area (Å²) in [6.45, 7) is 2.55. The molecule has 0 spiro atoms. The second-order valence-electron chi connectivity index (χ2n) is 4.93. The fraction of sp³-hybridized carbons (Fsp3) is 0.188. The van der Waals surface area contributed by atoms with Gasteiger partial charge in [0.15, 0.2) is 10.8 Å². The zero-order valence-electron chi connectivity index (χ0n) is 11.6. The summed E-state index contributed by atoms with van der Waals surface area (Å²) in [6.07, 6.45) is 5.30. The van der Waals surface area contributed by atoms with Crippen molar-refractivity contribution in [3.63, 3.8) is 0 Å². The van der Waals surface area contributed by atoms with E-state index in [1.54, 1.807) is 12.5 Å². The molecule has 0 aliphatic heterocycles. The molecular formula is C16H15N3OS. The molecule has 21 heavy (non-hydrogen) atoms. The summed E-state index contributed by atoms with van der Waals surface area (Å²) in [5.41, 5.74) is 1.90. The van der Waals surface area contributed by atoms with Crippen molar-refractivity contribution < 1.29 is 4.79 Å². The Morgan fingerprint density at radius 2 is 2.14 bits per heavy atom. The lowest BCUT2D eigenvalue weighted by Crippen LogP contribution is -2.16. The summed E-state index contributed by atoms with van der Waals surface area (Å²) in [6, 6.07) is 9.90. The number of ketones is 1. The average Bonchev–Trinajstić information content (AvgIpc) is 3.18. The molecule has 0 aliphatic rings. The number of hydrogen-bond acceptors (Lipinski definition) is 4. The molecule has 5 heteroatoms. The maximum atomic E-state index is 12.4. The third-order valence-electron chi connectivity index (χ3n) is 3.28. The maximum absolute atomic E-state index is 12.4. The van der Waals surface area contributed by atoms with Crippen molar-refractivity contribution in [2.24, 2.45) is 5.92 Å². The largest absolute Gasteiger partial charge is 0.337 e. The van der Waals surface area contributed by atoms with E-state index in [1.165, 1.54) is 11.3 Å². The summed E-state index contributed by atoms with van der Waals surface area (Å²) in [5, 5.41) is 2.51. The number of Topliss-reactive ketones (excluding diaryl/α,β-unsaturated/α-hetero) is 1. The zero-order valence-corrected chi connectivity index (χ0v) is 12.5. The highest BCUT2D eigenvalue weighted by Crippen LogP contribution is 2.23. The quantitative estimate of drug-likeness (QED) is 0.677. The van der Waals surface area contributed by atoms with E-state index in [0.717, 1.165) is 11.3 Å². The van der Waals surface area contributed by atoms with Gasteiger partial charge < -0.3 is 4.57 Å². The molecule has 2 aromatic heterocycles. The Hall–Kier alpha value is -2.27. The van der Waals surface area contributed by atoms with Crippen LogP contribution in [0.5, 0.6) is 0 Å². The molecule has 3 aromatic rings. The van der Waals surface area contributed by atoms with E-state index in [0.29, 0.717) is 11.6 Å². The molecule has 0 saturated carbocycles. The molecule has 3 rings (SSSR count). The predicted molar refractivity (Wildman–Crippen MR) is 83.3 cm³/mol. The summed E-state index contributed by atoms with van der Waals surface area (Å²) in [4.78, 5) is 20.9. The van der Waals surface area contributed by atoms with E-state index < -0.39 is 0 Å². The third-order valence-corrected chi connectivity index (χ3v) is 4.13. The monoisotopic (exact) mass is 297 g/mol. The number of hydrogen-bond donors (Lipinski definition) is 0. The van der Waals surface area contributed by atoms with Crippen LogP contribution in [0, 0.1) is 5.92 Å². The van der Waals surface area contributed by atoms with E-state index in [-0.39, 0.29) is 11.7 Å². The molecule has 0 N–H and O–H groups in total. The Balaban J connectivity index is 1.75. The van der Waals surface area contributed by atoms with Crippen LogP contribution >= 0.6 is 11.3 Å². The Kier molecular flexibility index (Phi) is 3.92. The van der Waals surface area contributed by atoms with Crippen molar-refractivity contribution >= 4 is 17.1 Å². The molecule has 0 bridgehead atoms. The molecule has 0 aliphatic carbocycles. The topological polar surface area (TPSA) is 47.8 Å². The van der Waals surface area contributed by atoms with Crippen molar-refractivity contribution in [1.29, 1.82) is 0 Å². The number of aromatic nitrogens is 3. The summed E-state index contributed by atoms with van der Waals surface area (Å²) < 4.78 is 1.91. The van der Waals surface area contributed by atoms with Gasteiger partial charge in [0.2, 0.25) is 0 Å². The first-order valence-electron chi connectivity index (χ1n) is 6.75. The molecule has 1 atom stereocenters. The van der Waals surface area contributed by atoms with Crippen LogP contribution in [-0.4, -0.2) is 20.3 Å². The molecule has 1 aromatic carbocycles. The number of rotatable bonds is 5. The lowest BCUT2D eigenvalue weighted by atomic mass is 10.1. The zero-order chi connectivity index (χ0) is 14.7. The van der Waals surface area contributed by atoms with Crippen LogP contribution in [0.15, 0.2) is 54.4 Å². The molecule has 4 nitrogen and oxygen atoms in total. The fourth-order valence-electron chi connectivity index (χ4n) is 2.13. The van der Waals surface area contributed by atoms with E-state index in [2.05, 4.69) is 9.97 Å². The summed E-state index contributed by atoms with van der Waals surface area (Å²) in [5.74, 6) is -0.0372. The Morgan fingerprint density at radius 1 is 1.33 bits per heavy atom. The van der Waals surface area contributed by atoms with Crippen molar-refractivity contribution in [1.82, 2.24) is 14.5 Å². The number of nitrogens with zero attached hydrogens (tertiary/aromatic N) is 3. The van der Waals surface area contributed by atoms with Gasteiger partial charge in [-0.15, -0.1) is 11.3 Å². The van der Waals surface area contributed by atoms with Crippen molar-refractivity contribution in [2.45, 2.75) is 13.5 Å². The van der Waals surface area contributed by atoms with E-state index in [4.69, 9.17) is 0 Å². The van der Waals surface area contributed by atoms with Gasteiger partial charge in [0.25, 0.3) is 0 Å². The number of thiazole rings is 1. The average molecular weight is 297 g/mol. The van der Waals surface area contributed by atoms with Gasteiger partial charge in [-0.05, 0) is 0 Å². The molecule has 106 valence electrons. The van der Waals surface area contributed by atoms with Gasteiger partial charge >= 0.3 is 0 Å². The molecule has 0 saturated heterocycles. The number of carbonyl (C=O) groups is 1. The highest BCUT2D eigenvalue weighted by molar-refractivity contribution is 7.12. The summed E-state index contributed by atoms with van der Waals surface area (Å²) >= 11 is 1.41. The second kappa shape index (κ2) is 6.01. The maximum Gasteiger partial charge on any atom is 0.195 e. The van der Waals surface area contributed by atoms with Crippen molar-refractivity contribution in [2.75, 3.05) is 0 Å². The Labute approximate surface area is 127 Å². The smallest absolute Gasteiger partial charge is 0.195 e. The van der Waals surface area contributed by atoms with Crippen LogP contribution in [0.4, 0.5) is 0 Å². The lowest BCUT2D eigenvalue weighted by Gasteiger charge is -2.08. The van der Waals surface area contributed by atoms with Gasteiger partial charge in [-0.1, -0.05) is 37.3 Å². The van der Waals surface area contributed by atoms with Crippen molar-refractivity contribution in [3.8, 4) is 11.3 Å². The number of benzene rings is 1. The fourth-order valence-corrected chi connectivity index (χ4v) is 3.01. The van der Waals surface area contributed by atoms with Crippen LogP contribution in [0.3, 0.4) is 0 Å². The minimum absolute atomic E-state index is 0.0795.